The van der Waals surface area contributed by atoms with Crippen LogP contribution in [0.4, 0.5) is 0 Å². The number of rotatable bonds is 5. The van der Waals surface area contributed by atoms with Crippen molar-refractivity contribution in [2.24, 2.45) is 16.2 Å². The number of carbonyl (C=O) groups excluding carboxylic acids is 1. The third kappa shape index (κ3) is 7.37. The van der Waals surface area contributed by atoms with Crippen LogP contribution in [0, 0.1) is 16.2 Å². The van der Waals surface area contributed by atoms with Gasteiger partial charge in [-0.05, 0) is 43.6 Å². The van der Waals surface area contributed by atoms with E-state index in [1.54, 1.807) is 6.08 Å². The number of ether oxygens (including phenoxy) is 1. The molecule has 2 nitrogen and oxygen atoms in total. The van der Waals surface area contributed by atoms with E-state index in [4.69, 9.17) is 4.74 Å². The van der Waals surface area contributed by atoms with Crippen LogP contribution in [0.15, 0.2) is 24.3 Å². The van der Waals surface area contributed by atoms with E-state index in [-0.39, 0.29) is 22.9 Å². The summed E-state index contributed by atoms with van der Waals surface area (Å²) in [5.41, 5.74) is 0.308. The highest BCUT2D eigenvalue weighted by atomic mass is 16.5. The summed E-state index contributed by atoms with van der Waals surface area (Å²) in [7, 11) is 0. The van der Waals surface area contributed by atoms with Crippen LogP contribution in [-0.4, -0.2) is 12.1 Å². The third-order valence-electron chi connectivity index (χ3n) is 4.31. The molecular formula is C21H40O2. The first-order valence-corrected chi connectivity index (χ1v) is 8.78. The Balaban J connectivity index is 0. The van der Waals surface area contributed by atoms with E-state index in [0.717, 1.165) is 12.0 Å². The Bertz CT molecular complexity index is 405. The highest BCUT2D eigenvalue weighted by molar-refractivity contribution is 5.78. The molecule has 0 amide bonds. The molecule has 0 aliphatic heterocycles. The van der Waals surface area contributed by atoms with Gasteiger partial charge in [-0.2, -0.15) is 0 Å². The summed E-state index contributed by atoms with van der Waals surface area (Å²) in [6.45, 7) is 26.4. The monoisotopic (exact) mass is 324 g/mol. The van der Waals surface area contributed by atoms with Crippen LogP contribution < -0.4 is 0 Å². The standard InChI is InChI=1S/C19H34O2.C2H6/c1-11-15(12-2)14(3)21-16(20)19(10,18(7,8)9)13-17(4,5)6;1-2/h11-12,14H,1,13H2,2-10H3;1-2H3/b15-12+;. The minimum atomic E-state index is -0.528. The maximum Gasteiger partial charge on any atom is 0.312 e. The molecule has 2 heteroatoms. The van der Waals surface area contributed by atoms with Crippen LogP contribution in [0.3, 0.4) is 0 Å². The lowest BCUT2D eigenvalue weighted by Crippen LogP contribution is -2.45. The predicted octanol–water partition coefficient (Wildman–Crippen LogP) is 6.57. The average molecular weight is 325 g/mol. The summed E-state index contributed by atoms with van der Waals surface area (Å²) in [5, 5.41) is 0. The van der Waals surface area contributed by atoms with Gasteiger partial charge < -0.3 is 4.74 Å². The van der Waals surface area contributed by atoms with Gasteiger partial charge in [0.25, 0.3) is 0 Å². The van der Waals surface area contributed by atoms with E-state index < -0.39 is 5.41 Å². The molecule has 0 aliphatic carbocycles. The number of carbonyl (C=O) groups is 1. The van der Waals surface area contributed by atoms with Crippen molar-refractivity contribution < 1.29 is 9.53 Å². The first-order chi connectivity index (χ1) is 10.3. The van der Waals surface area contributed by atoms with Crippen molar-refractivity contribution in [3.63, 3.8) is 0 Å². The average Bonchev–Trinajstić information content (AvgIpc) is 2.39. The van der Waals surface area contributed by atoms with Gasteiger partial charge in [-0.3, -0.25) is 4.79 Å². The molecule has 0 bridgehead atoms. The molecule has 136 valence electrons. The molecule has 0 saturated carbocycles. The molecule has 0 radical (unpaired) electrons. The maximum absolute atomic E-state index is 12.9. The number of hydrogen-bond donors (Lipinski definition) is 0. The van der Waals surface area contributed by atoms with Crippen LogP contribution in [0.1, 0.15) is 82.6 Å². The molecule has 2 unspecified atom stereocenters. The van der Waals surface area contributed by atoms with Crippen LogP contribution >= 0.6 is 0 Å². The molecular weight excluding hydrogens is 284 g/mol. The van der Waals surface area contributed by atoms with E-state index in [1.807, 2.05) is 40.7 Å². The molecule has 0 aromatic heterocycles. The second-order valence-corrected chi connectivity index (χ2v) is 8.36. The summed E-state index contributed by atoms with van der Waals surface area (Å²) >= 11 is 0. The van der Waals surface area contributed by atoms with Gasteiger partial charge in [0.2, 0.25) is 0 Å². The fourth-order valence-corrected chi connectivity index (χ4v) is 2.58. The Morgan fingerprint density at radius 3 is 1.78 bits per heavy atom. The lowest BCUT2D eigenvalue weighted by atomic mass is 9.61. The molecule has 0 aromatic carbocycles. The summed E-state index contributed by atoms with van der Waals surface area (Å²) in [6, 6.07) is 0. The van der Waals surface area contributed by atoms with Crippen molar-refractivity contribution in [3.05, 3.63) is 24.3 Å². The highest BCUT2D eigenvalue weighted by Crippen LogP contribution is 2.47. The van der Waals surface area contributed by atoms with Gasteiger partial charge in [-0.25, -0.2) is 0 Å². The highest BCUT2D eigenvalue weighted by Gasteiger charge is 2.48. The van der Waals surface area contributed by atoms with Crippen LogP contribution in [-0.2, 0) is 9.53 Å². The fraction of sp³-hybridized carbons (Fsp3) is 0.762. The van der Waals surface area contributed by atoms with Gasteiger partial charge in [0.05, 0.1) is 5.41 Å². The molecule has 0 aliphatic rings. The van der Waals surface area contributed by atoms with Crippen molar-refractivity contribution in [2.75, 3.05) is 0 Å². The van der Waals surface area contributed by atoms with Crippen LogP contribution in [0.5, 0.6) is 0 Å². The largest absolute Gasteiger partial charge is 0.457 e. The quantitative estimate of drug-likeness (QED) is 0.422. The Labute approximate surface area is 145 Å². The van der Waals surface area contributed by atoms with Crippen molar-refractivity contribution >= 4 is 5.97 Å². The Kier molecular flexibility index (Phi) is 9.78. The second-order valence-electron chi connectivity index (χ2n) is 8.36. The van der Waals surface area contributed by atoms with Gasteiger partial charge in [0.1, 0.15) is 6.10 Å². The summed E-state index contributed by atoms with van der Waals surface area (Å²) < 4.78 is 5.75. The van der Waals surface area contributed by atoms with Gasteiger partial charge in [-0.15, -0.1) is 0 Å². The molecule has 0 saturated heterocycles. The van der Waals surface area contributed by atoms with Crippen molar-refractivity contribution in [3.8, 4) is 0 Å². The van der Waals surface area contributed by atoms with Crippen molar-refractivity contribution in [1.29, 1.82) is 0 Å². The smallest absolute Gasteiger partial charge is 0.312 e. The zero-order chi connectivity index (χ0) is 19.1. The topological polar surface area (TPSA) is 26.3 Å². The maximum atomic E-state index is 12.9. The van der Waals surface area contributed by atoms with E-state index in [9.17, 15) is 4.79 Å². The van der Waals surface area contributed by atoms with E-state index >= 15 is 0 Å². The molecule has 0 aromatic rings. The molecule has 23 heavy (non-hydrogen) atoms. The Morgan fingerprint density at radius 2 is 1.52 bits per heavy atom. The molecule has 0 heterocycles. The number of hydrogen-bond acceptors (Lipinski definition) is 2. The zero-order valence-electron chi connectivity index (χ0n) is 17.5. The van der Waals surface area contributed by atoms with E-state index in [1.165, 1.54) is 0 Å². The molecule has 0 N–H and O–H groups in total. The third-order valence-corrected chi connectivity index (χ3v) is 4.31. The molecule has 0 rings (SSSR count). The first-order valence-electron chi connectivity index (χ1n) is 8.78. The number of esters is 1. The van der Waals surface area contributed by atoms with E-state index in [2.05, 4.69) is 48.1 Å². The Morgan fingerprint density at radius 1 is 1.09 bits per heavy atom. The molecule has 2 atom stereocenters. The summed E-state index contributed by atoms with van der Waals surface area (Å²) in [6.07, 6.45) is 4.20. The first kappa shape index (κ1) is 24.2. The van der Waals surface area contributed by atoms with Gasteiger partial charge >= 0.3 is 5.97 Å². The minimum Gasteiger partial charge on any atom is -0.457 e. The minimum absolute atomic E-state index is 0.0617. The fourth-order valence-electron chi connectivity index (χ4n) is 2.58. The lowest BCUT2D eigenvalue weighted by molar-refractivity contribution is -0.167. The Hall–Kier alpha value is -1.05. The normalized spacial score (nSPS) is 16.6. The van der Waals surface area contributed by atoms with Gasteiger partial charge in [-0.1, -0.05) is 74.1 Å². The molecule has 0 spiro atoms. The van der Waals surface area contributed by atoms with Crippen LogP contribution in [0.25, 0.3) is 0 Å². The SMILES string of the molecule is C=C/C(=C\C)C(C)OC(=O)C(C)(CC(C)(C)C)C(C)(C)C.CC. The van der Waals surface area contributed by atoms with Crippen molar-refractivity contribution in [2.45, 2.75) is 88.7 Å². The lowest BCUT2D eigenvalue weighted by Gasteiger charge is -2.43. The predicted molar refractivity (Wildman–Crippen MR) is 102 cm³/mol. The van der Waals surface area contributed by atoms with E-state index in [0.29, 0.717) is 0 Å². The molecule has 0 fully saturated rings. The van der Waals surface area contributed by atoms with Crippen molar-refractivity contribution in [1.82, 2.24) is 0 Å². The van der Waals surface area contributed by atoms with Gasteiger partial charge in [0, 0.05) is 0 Å². The zero-order valence-corrected chi connectivity index (χ0v) is 17.5. The summed E-state index contributed by atoms with van der Waals surface area (Å²) in [5.74, 6) is -0.126. The van der Waals surface area contributed by atoms with Gasteiger partial charge in [0.15, 0.2) is 0 Å². The second kappa shape index (κ2) is 9.30. The van der Waals surface area contributed by atoms with Crippen LogP contribution in [0.2, 0.25) is 0 Å². The number of allylic oxidation sites excluding steroid dienone is 1. The summed E-state index contributed by atoms with van der Waals surface area (Å²) in [4.78, 5) is 12.9.